The fourth-order valence-electron chi connectivity index (χ4n) is 1.81. The first-order valence-electron chi connectivity index (χ1n) is 6.98. The molecule has 0 amide bonds. The first-order valence-corrected chi connectivity index (χ1v) is 7.86. The Morgan fingerprint density at radius 3 is 2.58 bits per heavy atom. The summed E-state index contributed by atoms with van der Waals surface area (Å²) < 4.78 is 0. The van der Waals surface area contributed by atoms with Gasteiger partial charge >= 0.3 is 0 Å². The maximum absolute atomic E-state index is 4.24. The first kappa shape index (κ1) is 16.0. The molecule has 0 aliphatic heterocycles. The van der Waals surface area contributed by atoms with Crippen molar-refractivity contribution in [2.75, 3.05) is 20.1 Å². The van der Waals surface area contributed by atoms with E-state index in [9.17, 15) is 0 Å². The summed E-state index contributed by atoms with van der Waals surface area (Å²) in [7, 11) is 1.82. The predicted octanol–water partition coefficient (Wildman–Crippen LogP) is 3.28. The number of rotatable bonds is 6. The Labute approximate surface area is 121 Å². The monoisotopic (exact) mass is 281 g/mol. The van der Waals surface area contributed by atoms with E-state index < -0.39 is 0 Å². The second kappa shape index (κ2) is 8.20. The van der Waals surface area contributed by atoms with Crippen LogP contribution >= 0.6 is 11.3 Å². The van der Waals surface area contributed by atoms with Gasteiger partial charge in [-0.15, -0.1) is 11.3 Å². The minimum Gasteiger partial charge on any atom is -0.356 e. The zero-order chi connectivity index (χ0) is 14.1. The van der Waals surface area contributed by atoms with Crippen LogP contribution in [0, 0.1) is 5.41 Å². The molecule has 1 rings (SSSR count). The summed E-state index contributed by atoms with van der Waals surface area (Å²) in [6, 6.07) is 4.27. The van der Waals surface area contributed by atoms with Crippen LogP contribution in [0.3, 0.4) is 0 Å². The van der Waals surface area contributed by atoms with Crippen LogP contribution in [0.15, 0.2) is 22.5 Å². The third kappa shape index (κ3) is 7.88. The van der Waals surface area contributed by atoms with Gasteiger partial charge in [0.2, 0.25) is 0 Å². The van der Waals surface area contributed by atoms with E-state index in [1.807, 2.05) is 7.05 Å². The van der Waals surface area contributed by atoms with Gasteiger partial charge in [-0.3, -0.25) is 4.99 Å². The molecule has 19 heavy (non-hydrogen) atoms. The van der Waals surface area contributed by atoms with Gasteiger partial charge in [-0.25, -0.2) is 0 Å². The molecule has 0 atom stereocenters. The first-order chi connectivity index (χ1) is 9.01. The molecule has 0 saturated carbocycles. The molecule has 1 heterocycles. The number of hydrogen-bond donors (Lipinski definition) is 2. The molecule has 108 valence electrons. The van der Waals surface area contributed by atoms with Crippen LogP contribution in [-0.2, 0) is 6.42 Å². The molecule has 0 fully saturated rings. The second-order valence-corrected chi connectivity index (χ2v) is 6.95. The van der Waals surface area contributed by atoms with Crippen molar-refractivity contribution in [2.45, 2.75) is 40.0 Å². The van der Waals surface area contributed by atoms with Crippen LogP contribution in [0.2, 0.25) is 0 Å². The van der Waals surface area contributed by atoms with E-state index in [4.69, 9.17) is 0 Å². The van der Waals surface area contributed by atoms with E-state index >= 15 is 0 Å². The van der Waals surface area contributed by atoms with Crippen molar-refractivity contribution in [3.63, 3.8) is 0 Å². The molecule has 0 aromatic carbocycles. The lowest BCUT2D eigenvalue weighted by Gasteiger charge is -2.18. The molecule has 4 heteroatoms. The van der Waals surface area contributed by atoms with Crippen LogP contribution in [0.1, 0.15) is 38.5 Å². The molecule has 1 aromatic heterocycles. The molecule has 0 aliphatic rings. The largest absolute Gasteiger partial charge is 0.356 e. The quantitative estimate of drug-likeness (QED) is 0.477. The van der Waals surface area contributed by atoms with E-state index in [2.05, 4.69) is 53.9 Å². The van der Waals surface area contributed by atoms with Crippen molar-refractivity contribution in [3.05, 3.63) is 22.4 Å². The van der Waals surface area contributed by atoms with Gasteiger partial charge in [-0.2, -0.15) is 0 Å². The van der Waals surface area contributed by atoms with E-state index in [1.54, 1.807) is 11.3 Å². The lowest BCUT2D eigenvalue weighted by Crippen LogP contribution is -2.38. The van der Waals surface area contributed by atoms with E-state index in [1.165, 1.54) is 17.7 Å². The van der Waals surface area contributed by atoms with Crippen LogP contribution in [0.25, 0.3) is 0 Å². The van der Waals surface area contributed by atoms with Crippen molar-refractivity contribution in [1.82, 2.24) is 10.6 Å². The minimum absolute atomic E-state index is 0.414. The van der Waals surface area contributed by atoms with Crippen LogP contribution in [0.5, 0.6) is 0 Å². The highest BCUT2D eigenvalue weighted by Gasteiger charge is 2.09. The molecule has 0 radical (unpaired) electrons. The summed E-state index contributed by atoms with van der Waals surface area (Å²) in [4.78, 5) is 5.65. The number of nitrogens with one attached hydrogen (secondary N) is 2. The van der Waals surface area contributed by atoms with Crippen molar-refractivity contribution in [3.8, 4) is 0 Å². The average Bonchev–Trinajstić information content (AvgIpc) is 2.84. The molecular formula is C15H27N3S. The smallest absolute Gasteiger partial charge is 0.190 e. The lowest BCUT2D eigenvalue weighted by molar-refractivity contribution is 0.365. The Bertz CT molecular complexity index is 363. The molecule has 0 bridgehead atoms. The van der Waals surface area contributed by atoms with Gasteiger partial charge in [-0.05, 0) is 36.1 Å². The molecule has 0 spiro atoms. The second-order valence-electron chi connectivity index (χ2n) is 5.92. The Morgan fingerprint density at radius 1 is 1.26 bits per heavy atom. The van der Waals surface area contributed by atoms with Crippen LogP contribution in [-0.4, -0.2) is 26.1 Å². The van der Waals surface area contributed by atoms with Gasteiger partial charge < -0.3 is 10.6 Å². The van der Waals surface area contributed by atoms with Gasteiger partial charge in [-0.1, -0.05) is 26.8 Å². The molecular weight excluding hydrogens is 254 g/mol. The van der Waals surface area contributed by atoms with Crippen molar-refractivity contribution >= 4 is 17.3 Å². The fraction of sp³-hybridized carbons (Fsp3) is 0.667. The summed E-state index contributed by atoms with van der Waals surface area (Å²) in [6.45, 7) is 8.75. The van der Waals surface area contributed by atoms with Crippen molar-refractivity contribution < 1.29 is 0 Å². The fourth-order valence-corrected chi connectivity index (χ4v) is 2.51. The SMILES string of the molecule is CN=C(NCCCC(C)(C)C)NCCc1cccs1. The summed E-state index contributed by atoms with van der Waals surface area (Å²) in [6.07, 6.45) is 3.46. The van der Waals surface area contributed by atoms with E-state index in [-0.39, 0.29) is 0 Å². The average molecular weight is 281 g/mol. The number of hydrogen-bond acceptors (Lipinski definition) is 2. The molecule has 3 nitrogen and oxygen atoms in total. The van der Waals surface area contributed by atoms with Crippen molar-refractivity contribution in [2.24, 2.45) is 10.4 Å². The van der Waals surface area contributed by atoms with Gasteiger partial charge in [0.25, 0.3) is 0 Å². The minimum atomic E-state index is 0.414. The van der Waals surface area contributed by atoms with E-state index in [0.29, 0.717) is 5.41 Å². The van der Waals surface area contributed by atoms with Crippen LogP contribution in [0.4, 0.5) is 0 Å². The standard InChI is InChI=1S/C15H27N3S/c1-15(2,3)9-6-10-17-14(16-4)18-11-8-13-7-5-12-19-13/h5,7,12H,6,8-11H2,1-4H3,(H2,16,17,18). The van der Waals surface area contributed by atoms with Gasteiger partial charge in [0.05, 0.1) is 0 Å². The topological polar surface area (TPSA) is 36.4 Å². The van der Waals surface area contributed by atoms with Gasteiger partial charge in [0.15, 0.2) is 5.96 Å². The summed E-state index contributed by atoms with van der Waals surface area (Å²) in [5, 5.41) is 8.84. The normalized spacial score (nSPS) is 12.5. The Hall–Kier alpha value is -1.03. The summed E-state index contributed by atoms with van der Waals surface area (Å²) in [5.41, 5.74) is 0.414. The van der Waals surface area contributed by atoms with Crippen LogP contribution < -0.4 is 10.6 Å². The number of nitrogens with zero attached hydrogens (tertiary/aromatic N) is 1. The molecule has 2 N–H and O–H groups in total. The third-order valence-corrected chi connectivity index (χ3v) is 3.80. The molecule has 1 aromatic rings. The number of aliphatic imine (C=N–C) groups is 1. The highest BCUT2D eigenvalue weighted by molar-refractivity contribution is 7.09. The Balaban J connectivity index is 2.13. The maximum atomic E-state index is 4.24. The van der Waals surface area contributed by atoms with Crippen molar-refractivity contribution in [1.29, 1.82) is 0 Å². The lowest BCUT2D eigenvalue weighted by atomic mass is 9.91. The van der Waals surface area contributed by atoms with Gasteiger partial charge in [0, 0.05) is 25.0 Å². The zero-order valence-electron chi connectivity index (χ0n) is 12.6. The highest BCUT2D eigenvalue weighted by atomic mass is 32.1. The zero-order valence-corrected chi connectivity index (χ0v) is 13.4. The molecule has 0 saturated heterocycles. The number of thiophene rings is 1. The Kier molecular flexibility index (Phi) is 6.92. The van der Waals surface area contributed by atoms with E-state index in [0.717, 1.165) is 25.5 Å². The Morgan fingerprint density at radius 2 is 2.00 bits per heavy atom. The third-order valence-electron chi connectivity index (χ3n) is 2.86. The highest BCUT2D eigenvalue weighted by Crippen LogP contribution is 2.19. The maximum Gasteiger partial charge on any atom is 0.190 e. The summed E-state index contributed by atoms with van der Waals surface area (Å²) in [5.74, 6) is 0.908. The van der Waals surface area contributed by atoms with Gasteiger partial charge in [0.1, 0.15) is 0 Å². The predicted molar refractivity (Wildman–Crippen MR) is 86.1 cm³/mol. The number of guanidine groups is 1. The summed E-state index contributed by atoms with van der Waals surface area (Å²) >= 11 is 1.81. The molecule has 0 unspecified atom stereocenters. The molecule has 0 aliphatic carbocycles.